The third-order valence-electron chi connectivity index (χ3n) is 5.72. The minimum atomic E-state index is -0.291. The minimum Gasteiger partial charge on any atom is -0.465 e. The Balaban J connectivity index is 1.79. The average molecular weight is 378 g/mol. The molecule has 2 aromatic carbocycles. The molecule has 2 unspecified atom stereocenters. The van der Waals surface area contributed by atoms with Crippen LogP contribution in [0.1, 0.15) is 38.3 Å². The molecule has 1 heterocycles. The van der Waals surface area contributed by atoms with E-state index in [0.29, 0.717) is 12.5 Å². The fraction of sp³-hybridized carbons (Fsp3) is 0.391. The van der Waals surface area contributed by atoms with Gasteiger partial charge in [0.15, 0.2) is 0 Å². The number of nitrogens with zero attached hydrogens (tertiary/aromatic N) is 1. The van der Waals surface area contributed by atoms with Crippen LogP contribution in [0.3, 0.4) is 0 Å². The highest BCUT2D eigenvalue weighted by atomic mass is 16.5. The van der Waals surface area contributed by atoms with Crippen LogP contribution in [0.15, 0.2) is 54.6 Å². The van der Waals surface area contributed by atoms with E-state index in [1.165, 1.54) is 6.92 Å². The van der Waals surface area contributed by atoms with Crippen molar-refractivity contribution in [2.24, 2.45) is 11.8 Å². The highest BCUT2D eigenvalue weighted by Gasteiger charge is 2.49. The molecule has 1 fully saturated rings. The van der Waals surface area contributed by atoms with Crippen molar-refractivity contribution in [1.82, 2.24) is 0 Å². The van der Waals surface area contributed by atoms with E-state index >= 15 is 0 Å². The van der Waals surface area contributed by atoms with Gasteiger partial charge in [-0.2, -0.15) is 0 Å². The predicted octanol–water partition coefficient (Wildman–Crippen LogP) is 4.16. The van der Waals surface area contributed by atoms with Crippen LogP contribution >= 0.6 is 0 Å². The summed E-state index contributed by atoms with van der Waals surface area (Å²) in [6.07, 6.45) is 2.20. The maximum Gasteiger partial charge on any atom is 0.302 e. The molecule has 0 bridgehead atoms. The Morgan fingerprint density at radius 2 is 1.71 bits per heavy atom. The lowest BCUT2D eigenvalue weighted by Crippen LogP contribution is -2.53. The normalized spacial score (nSPS) is 23.6. The van der Waals surface area contributed by atoms with Crippen molar-refractivity contribution in [2.45, 2.75) is 38.8 Å². The summed E-state index contributed by atoms with van der Waals surface area (Å²) in [5, 5.41) is 3.65. The molecule has 1 saturated carbocycles. The van der Waals surface area contributed by atoms with E-state index in [2.05, 4.69) is 11.4 Å². The summed E-state index contributed by atoms with van der Waals surface area (Å²) >= 11 is 0. The van der Waals surface area contributed by atoms with E-state index in [4.69, 9.17) is 4.74 Å². The number of hydrogen-bond donors (Lipinski definition) is 1. The van der Waals surface area contributed by atoms with Crippen LogP contribution in [-0.4, -0.2) is 24.5 Å². The highest BCUT2D eigenvalue weighted by Crippen LogP contribution is 2.50. The number of esters is 1. The van der Waals surface area contributed by atoms with Gasteiger partial charge in [-0.25, -0.2) is 0 Å². The number of amides is 1. The smallest absolute Gasteiger partial charge is 0.302 e. The number of fused-ring (bicyclic) bond motifs is 1. The van der Waals surface area contributed by atoms with Crippen molar-refractivity contribution < 1.29 is 14.3 Å². The first-order valence-corrected chi connectivity index (χ1v) is 9.90. The SMILES string of the molecule is CC(=O)OCC1C(Nc2ccccc2)c2ccccc2N(C(C)=O)[C@H]1C1CC1. The Morgan fingerprint density at radius 1 is 1.04 bits per heavy atom. The molecule has 1 aliphatic carbocycles. The molecule has 2 aromatic rings. The number of hydrogen-bond acceptors (Lipinski definition) is 4. The summed E-state index contributed by atoms with van der Waals surface area (Å²) in [6, 6.07) is 18.1. The number of carbonyl (C=O) groups excluding carboxylic acids is 2. The summed E-state index contributed by atoms with van der Waals surface area (Å²) in [6.45, 7) is 3.35. The zero-order chi connectivity index (χ0) is 19.7. The number of ether oxygens (including phenoxy) is 1. The Hall–Kier alpha value is -2.82. The Bertz CT molecular complexity index is 863. The Labute approximate surface area is 165 Å². The fourth-order valence-corrected chi connectivity index (χ4v) is 4.43. The standard InChI is InChI=1S/C23H26N2O3/c1-15(26)25-21-11-7-6-10-19(21)22(24-18-8-4-3-5-9-18)20(14-28-16(2)27)23(25)17-12-13-17/h3-11,17,20,22-24H,12-14H2,1-2H3/t20?,22?,23-/m0/s1. The maximum atomic E-state index is 12.7. The molecular weight excluding hydrogens is 352 g/mol. The van der Waals surface area contributed by atoms with Crippen LogP contribution in [-0.2, 0) is 14.3 Å². The minimum absolute atomic E-state index is 0.0181. The van der Waals surface area contributed by atoms with E-state index in [1.807, 2.05) is 53.4 Å². The van der Waals surface area contributed by atoms with Crippen molar-refractivity contribution in [3.05, 3.63) is 60.2 Å². The van der Waals surface area contributed by atoms with Crippen LogP contribution in [0.4, 0.5) is 11.4 Å². The van der Waals surface area contributed by atoms with Crippen molar-refractivity contribution in [3.8, 4) is 0 Å². The molecule has 28 heavy (non-hydrogen) atoms. The van der Waals surface area contributed by atoms with E-state index in [0.717, 1.165) is 29.8 Å². The van der Waals surface area contributed by atoms with Crippen molar-refractivity contribution in [3.63, 3.8) is 0 Å². The number of nitrogens with one attached hydrogen (secondary N) is 1. The van der Waals surface area contributed by atoms with Gasteiger partial charge in [-0.15, -0.1) is 0 Å². The van der Waals surface area contributed by atoms with Gasteiger partial charge in [0, 0.05) is 37.2 Å². The monoisotopic (exact) mass is 378 g/mol. The van der Waals surface area contributed by atoms with Crippen LogP contribution in [0.25, 0.3) is 0 Å². The molecule has 0 saturated heterocycles. The average Bonchev–Trinajstić information content (AvgIpc) is 3.52. The summed E-state index contributed by atoms with van der Waals surface area (Å²) in [5.74, 6) is 0.171. The molecule has 1 N–H and O–H groups in total. The van der Waals surface area contributed by atoms with Gasteiger partial charge in [-0.05, 0) is 42.5 Å². The second-order valence-corrected chi connectivity index (χ2v) is 7.73. The summed E-state index contributed by atoms with van der Waals surface area (Å²) < 4.78 is 5.48. The molecule has 5 heteroatoms. The number of rotatable bonds is 5. The molecule has 3 atom stereocenters. The third-order valence-corrected chi connectivity index (χ3v) is 5.72. The van der Waals surface area contributed by atoms with Crippen LogP contribution in [0.2, 0.25) is 0 Å². The molecule has 0 spiro atoms. The van der Waals surface area contributed by atoms with Gasteiger partial charge in [-0.3, -0.25) is 9.59 Å². The Morgan fingerprint density at radius 3 is 2.36 bits per heavy atom. The molecule has 5 nitrogen and oxygen atoms in total. The van der Waals surface area contributed by atoms with Gasteiger partial charge in [0.25, 0.3) is 0 Å². The van der Waals surface area contributed by atoms with Crippen LogP contribution < -0.4 is 10.2 Å². The summed E-state index contributed by atoms with van der Waals surface area (Å²) in [7, 11) is 0. The summed E-state index contributed by atoms with van der Waals surface area (Å²) in [5.41, 5.74) is 3.04. The lowest BCUT2D eigenvalue weighted by atomic mass is 9.79. The van der Waals surface area contributed by atoms with Gasteiger partial charge in [-0.1, -0.05) is 36.4 Å². The lowest BCUT2D eigenvalue weighted by molar-refractivity contribution is -0.142. The number of carbonyl (C=O) groups is 2. The topological polar surface area (TPSA) is 58.6 Å². The first kappa shape index (κ1) is 18.5. The van der Waals surface area contributed by atoms with Crippen LogP contribution in [0.5, 0.6) is 0 Å². The molecule has 4 rings (SSSR count). The van der Waals surface area contributed by atoms with Gasteiger partial charge < -0.3 is 15.0 Å². The van der Waals surface area contributed by atoms with Gasteiger partial charge >= 0.3 is 5.97 Å². The predicted molar refractivity (Wildman–Crippen MR) is 109 cm³/mol. The molecule has 2 aliphatic rings. The number of anilines is 2. The first-order chi connectivity index (χ1) is 13.6. The molecule has 0 radical (unpaired) electrons. The number of para-hydroxylation sites is 2. The fourth-order valence-electron chi connectivity index (χ4n) is 4.43. The second kappa shape index (κ2) is 7.66. The maximum absolute atomic E-state index is 12.7. The molecular formula is C23H26N2O3. The van der Waals surface area contributed by atoms with Crippen molar-refractivity contribution >= 4 is 23.3 Å². The van der Waals surface area contributed by atoms with Gasteiger partial charge in [0.05, 0.1) is 12.6 Å². The van der Waals surface area contributed by atoms with E-state index in [9.17, 15) is 9.59 Å². The third kappa shape index (κ3) is 3.61. The highest BCUT2D eigenvalue weighted by molar-refractivity contribution is 5.94. The first-order valence-electron chi connectivity index (χ1n) is 9.90. The molecule has 0 aromatic heterocycles. The largest absolute Gasteiger partial charge is 0.465 e. The zero-order valence-electron chi connectivity index (χ0n) is 16.3. The lowest BCUT2D eigenvalue weighted by Gasteiger charge is -2.46. The van der Waals surface area contributed by atoms with Gasteiger partial charge in [0.1, 0.15) is 0 Å². The quantitative estimate of drug-likeness (QED) is 0.794. The molecule has 146 valence electrons. The second-order valence-electron chi connectivity index (χ2n) is 7.73. The van der Waals surface area contributed by atoms with E-state index in [-0.39, 0.29) is 29.9 Å². The zero-order valence-corrected chi connectivity index (χ0v) is 16.3. The van der Waals surface area contributed by atoms with Crippen molar-refractivity contribution in [1.29, 1.82) is 0 Å². The van der Waals surface area contributed by atoms with Crippen LogP contribution in [0, 0.1) is 11.8 Å². The van der Waals surface area contributed by atoms with Crippen molar-refractivity contribution in [2.75, 3.05) is 16.8 Å². The Kier molecular flexibility index (Phi) is 5.07. The summed E-state index contributed by atoms with van der Waals surface area (Å²) in [4.78, 5) is 26.2. The van der Waals surface area contributed by atoms with E-state index in [1.54, 1.807) is 6.92 Å². The number of benzene rings is 2. The molecule has 1 aliphatic heterocycles. The van der Waals surface area contributed by atoms with E-state index < -0.39 is 0 Å². The molecule has 1 amide bonds. The van der Waals surface area contributed by atoms with Gasteiger partial charge in [0.2, 0.25) is 5.91 Å².